The van der Waals surface area contributed by atoms with Crippen molar-refractivity contribution in [2.24, 2.45) is 5.11 Å². The Morgan fingerprint density at radius 3 is 2.73 bits per heavy atom. The van der Waals surface area contributed by atoms with E-state index in [-0.39, 0.29) is 0 Å². The summed E-state index contributed by atoms with van der Waals surface area (Å²) in [7, 11) is 1.27. The van der Waals surface area contributed by atoms with Crippen molar-refractivity contribution in [3.63, 3.8) is 0 Å². The number of carbonyl (C=O) groups is 2. The van der Waals surface area contributed by atoms with Gasteiger partial charge in [-0.1, -0.05) is 58.5 Å². The molecule has 1 amide bonds. The molecule has 3 rings (SSSR count). The standard InChI is InChI=1S/C15H14N6O3S2/c1-8-17-19-15(25-8)26-13-10(18-20-16)12(22)21(13)11(14(23)24-2)9-6-4-3-5-7-9/h3-7,10-11,13H,1-2H3. The van der Waals surface area contributed by atoms with Crippen molar-refractivity contribution in [3.05, 3.63) is 51.3 Å². The van der Waals surface area contributed by atoms with E-state index in [1.165, 1.54) is 35.1 Å². The third-order valence-electron chi connectivity index (χ3n) is 3.77. The third-order valence-corrected chi connectivity index (χ3v) is 5.96. The number of hydrogen-bond donors (Lipinski definition) is 0. The number of thioether (sulfide) groups is 1. The lowest BCUT2D eigenvalue weighted by atomic mass is 9.98. The van der Waals surface area contributed by atoms with Gasteiger partial charge in [0.25, 0.3) is 0 Å². The molecule has 0 bridgehead atoms. The number of β-lactam (4-membered cyclic amide) rings is 1. The average molecular weight is 390 g/mol. The highest BCUT2D eigenvalue weighted by atomic mass is 32.2. The highest BCUT2D eigenvalue weighted by molar-refractivity contribution is 8.01. The Morgan fingerprint density at radius 2 is 2.15 bits per heavy atom. The van der Waals surface area contributed by atoms with Crippen LogP contribution in [0.5, 0.6) is 0 Å². The van der Waals surface area contributed by atoms with Gasteiger partial charge in [-0.3, -0.25) is 4.79 Å². The Bertz CT molecular complexity index is 867. The van der Waals surface area contributed by atoms with Gasteiger partial charge in [-0.05, 0) is 18.0 Å². The van der Waals surface area contributed by atoms with Gasteiger partial charge in [-0.2, -0.15) is 0 Å². The van der Waals surface area contributed by atoms with Gasteiger partial charge in [0, 0.05) is 4.91 Å². The first-order chi connectivity index (χ1) is 12.6. The minimum atomic E-state index is -0.926. The minimum absolute atomic E-state index is 0.430. The van der Waals surface area contributed by atoms with E-state index >= 15 is 0 Å². The SMILES string of the molecule is COC(=O)C(c1ccccc1)N1C(=O)C(N=[N+]=[N-])C1Sc1nnc(C)s1. The highest BCUT2D eigenvalue weighted by Crippen LogP contribution is 2.43. The summed E-state index contributed by atoms with van der Waals surface area (Å²) in [4.78, 5) is 29.1. The molecule has 1 aromatic heterocycles. The first kappa shape index (κ1) is 18.2. The van der Waals surface area contributed by atoms with Crippen molar-refractivity contribution in [1.29, 1.82) is 0 Å². The van der Waals surface area contributed by atoms with Crippen LogP contribution in [-0.2, 0) is 14.3 Å². The number of nitrogens with zero attached hydrogens (tertiary/aromatic N) is 6. The highest BCUT2D eigenvalue weighted by Gasteiger charge is 2.53. The Balaban J connectivity index is 1.96. The number of hydrogen-bond acceptors (Lipinski definition) is 8. The summed E-state index contributed by atoms with van der Waals surface area (Å²) in [5.41, 5.74) is 9.38. The maximum absolute atomic E-state index is 12.6. The molecule has 0 aliphatic carbocycles. The van der Waals surface area contributed by atoms with Crippen LogP contribution < -0.4 is 0 Å². The molecular weight excluding hydrogens is 376 g/mol. The molecule has 9 nitrogen and oxygen atoms in total. The first-order valence-corrected chi connectivity index (χ1v) is 9.22. The number of aryl methyl sites for hydroxylation is 1. The second-order valence-corrected chi connectivity index (χ2v) is 7.87. The first-order valence-electron chi connectivity index (χ1n) is 7.52. The number of azide groups is 1. The van der Waals surface area contributed by atoms with Crippen molar-refractivity contribution in [2.45, 2.75) is 28.7 Å². The van der Waals surface area contributed by atoms with Gasteiger partial charge >= 0.3 is 5.97 Å². The maximum atomic E-state index is 12.6. The fourth-order valence-electron chi connectivity index (χ4n) is 2.61. The molecule has 1 aliphatic rings. The molecule has 134 valence electrons. The Hall–Kier alpha value is -2.62. The summed E-state index contributed by atoms with van der Waals surface area (Å²) in [5, 5.41) is 11.8. The van der Waals surface area contributed by atoms with E-state index < -0.39 is 29.3 Å². The van der Waals surface area contributed by atoms with Gasteiger partial charge in [0.05, 0.1) is 7.11 Å². The predicted molar refractivity (Wildman–Crippen MR) is 95.3 cm³/mol. The van der Waals surface area contributed by atoms with E-state index in [2.05, 4.69) is 20.2 Å². The van der Waals surface area contributed by atoms with Crippen molar-refractivity contribution in [3.8, 4) is 0 Å². The molecule has 2 aromatic rings. The van der Waals surface area contributed by atoms with Crippen molar-refractivity contribution < 1.29 is 14.3 Å². The van der Waals surface area contributed by atoms with Crippen molar-refractivity contribution in [2.75, 3.05) is 7.11 Å². The zero-order chi connectivity index (χ0) is 18.7. The lowest BCUT2D eigenvalue weighted by Gasteiger charge is -2.47. The fraction of sp³-hybridized carbons (Fsp3) is 0.333. The number of likely N-dealkylation sites (tertiary alicyclic amines) is 1. The third kappa shape index (κ3) is 3.36. The van der Waals surface area contributed by atoms with E-state index in [0.29, 0.717) is 9.90 Å². The Morgan fingerprint density at radius 1 is 1.42 bits per heavy atom. The van der Waals surface area contributed by atoms with Crippen LogP contribution in [0.3, 0.4) is 0 Å². The Labute approximate surface area is 157 Å². The number of aromatic nitrogens is 2. The molecule has 11 heteroatoms. The van der Waals surface area contributed by atoms with E-state index in [9.17, 15) is 9.59 Å². The monoisotopic (exact) mass is 390 g/mol. The van der Waals surface area contributed by atoms with E-state index in [0.717, 1.165) is 5.01 Å². The molecule has 3 unspecified atom stereocenters. The predicted octanol–water partition coefficient (Wildman–Crippen LogP) is 2.70. The summed E-state index contributed by atoms with van der Waals surface area (Å²) in [5.74, 6) is -0.997. The smallest absolute Gasteiger partial charge is 0.333 e. The molecule has 0 radical (unpaired) electrons. The van der Waals surface area contributed by atoms with E-state index in [1.807, 2.05) is 13.0 Å². The van der Waals surface area contributed by atoms with Gasteiger partial charge in [0.2, 0.25) is 5.91 Å². The summed E-state index contributed by atoms with van der Waals surface area (Å²) in [6.07, 6.45) is 0. The van der Waals surface area contributed by atoms with Gasteiger partial charge in [-0.15, -0.1) is 10.2 Å². The van der Waals surface area contributed by atoms with Crippen LogP contribution in [0.4, 0.5) is 0 Å². The van der Waals surface area contributed by atoms with Crippen LogP contribution in [0.25, 0.3) is 10.4 Å². The molecule has 1 aliphatic heterocycles. The molecule has 0 spiro atoms. The zero-order valence-electron chi connectivity index (χ0n) is 13.8. The van der Waals surface area contributed by atoms with Gasteiger partial charge in [0.15, 0.2) is 10.4 Å². The molecule has 2 heterocycles. The number of esters is 1. The second kappa shape index (κ2) is 7.73. The molecule has 3 atom stereocenters. The lowest BCUT2D eigenvalue weighted by molar-refractivity contribution is -0.162. The van der Waals surface area contributed by atoms with Crippen LogP contribution in [-0.4, -0.2) is 45.5 Å². The fourth-order valence-corrected chi connectivity index (χ4v) is 4.81. The summed E-state index contributed by atoms with van der Waals surface area (Å²) in [6.45, 7) is 1.82. The maximum Gasteiger partial charge on any atom is 0.333 e. The van der Waals surface area contributed by atoms with Crippen LogP contribution in [0, 0.1) is 6.92 Å². The number of methoxy groups -OCH3 is 1. The topological polar surface area (TPSA) is 121 Å². The molecule has 1 aromatic carbocycles. The molecule has 1 saturated heterocycles. The number of carbonyl (C=O) groups excluding carboxylic acids is 2. The van der Waals surface area contributed by atoms with Gasteiger partial charge in [-0.25, -0.2) is 4.79 Å². The summed E-state index contributed by atoms with van der Waals surface area (Å²) in [6, 6.07) is 7.01. The Kier molecular flexibility index (Phi) is 5.40. The molecule has 0 N–H and O–H groups in total. The lowest BCUT2D eigenvalue weighted by Crippen LogP contribution is -2.64. The number of benzene rings is 1. The van der Waals surface area contributed by atoms with Crippen LogP contribution in [0.15, 0.2) is 39.8 Å². The summed E-state index contributed by atoms with van der Waals surface area (Å²) < 4.78 is 5.52. The molecule has 26 heavy (non-hydrogen) atoms. The number of ether oxygens (including phenoxy) is 1. The molecule has 1 fully saturated rings. The number of amides is 1. The largest absolute Gasteiger partial charge is 0.467 e. The quantitative estimate of drug-likeness (QED) is 0.246. The zero-order valence-corrected chi connectivity index (χ0v) is 15.5. The second-order valence-electron chi connectivity index (χ2n) is 5.33. The number of rotatable bonds is 6. The molecular formula is C15H14N6O3S2. The van der Waals surface area contributed by atoms with E-state index in [4.69, 9.17) is 10.3 Å². The summed E-state index contributed by atoms with van der Waals surface area (Å²) >= 11 is 2.60. The average Bonchev–Trinajstić information content (AvgIpc) is 3.08. The van der Waals surface area contributed by atoms with E-state index in [1.54, 1.807) is 24.3 Å². The van der Waals surface area contributed by atoms with Crippen LogP contribution >= 0.6 is 23.1 Å². The van der Waals surface area contributed by atoms with Crippen molar-refractivity contribution >= 4 is 35.0 Å². The van der Waals surface area contributed by atoms with Crippen LogP contribution in [0.2, 0.25) is 0 Å². The van der Waals surface area contributed by atoms with Gasteiger partial charge in [0.1, 0.15) is 16.4 Å². The van der Waals surface area contributed by atoms with Gasteiger partial charge < -0.3 is 9.64 Å². The van der Waals surface area contributed by atoms with Crippen LogP contribution in [0.1, 0.15) is 16.6 Å². The van der Waals surface area contributed by atoms with Crippen molar-refractivity contribution in [1.82, 2.24) is 15.1 Å². The molecule has 0 saturated carbocycles. The minimum Gasteiger partial charge on any atom is -0.467 e. The normalized spacial score (nSPS) is 20.1.